The Labute approximate surface area is 575 Å². The van der Waals surface area contributed by atoms with Crippen molar-refractivity contribution in [2.24, 2.45) is 11.8 Å². The van der Waals surface area contributed by atoms with Crippen molar-refractivity contribution in [1.82, 2.24) is 0 Å². The average molecular weight is 1380 g/mol. The lowest BCUT2D eigenvalue weighted by molar-refractivity contribution is -0.161. The number of carbonyl (C=O) groups is 4. The van der Waals surface area contributed by atoms with E-state index in [2.05, 4.69) is 41.5 Å². The van der Waals surface area contributed by atoms with Crippen LogP contribution in [-0.2, 0) is 65.4 Å². The van der Waals surface area contributed by atoms with Gasteiger partial charge in [-0.25, -0.2) is 9.13 Å². The van der Waals surface area contributed by atoms with E-state index in [0.29, 0.717) is 25.7 Å². The fraction of sp³-hybridized carbons (Fsp3) is 0.947. The van der Waals surface area contributed by atoms with Gasteiger partial charge in [0.2, 0.25) is 0 Å². The standard InChI is InChI=1S/C75H146O17P2/c1-7-10-12-14-15-16-17-18-19-23-26-29-35-40-46-52-58-73(78)86-64-71(92-75(80)59-53-47-41-36-30-27-24-21-20-22-25-28-33-38-44-49-55-67(4)5)66-90-94(83,84)88-62-69(76)61-87-93(81,82)89-65-70(63-85-72(77)57-51-43-13-11-8-2)91-74(79)60-54-48-42-37-32-31-34-39-45-50-56-68(6)9-3/h67-71,76H,7-66H2,1-6H3,(H,81,82)(H,83,84)/t68?,69-,70+,71+/m0/s1. The van der Waals surface area contributed by atoms with Gasteiger partial charge in [-0.05, 0) is 37.5 Å². The second kappa shape index (κ2) is 66.9. The smallest absolute Gasteiger partial charge is 0.462 e. The number of phosphoric ester groups is 2. The van der Waals surface area contributed by atoms with Crippen LogP contribution in [0, 0.1) is 11.8 Å². The Hall–Kier alpha value is -1.94. The first-order valence-corrected chi connectivity index (χ1v) is 42.0. The molecule has 0 saturated heterocycles. The number of phosphoric acid groups is 2. The molecule has 0 bridgehead atoms. The summed E-state index contributed by atoms with van der Waals surface area (Å²) in [5.74, 6) is -0.515. The minimum atomic E-state index is -4.95. The van der Waals surface area contributed by atoms with E-state index in [1.54, 1.807) is 0 Å². The molecule has 17 nitrogen and oxygen atoms in total. The van der Waals surface area contributed by atoms with Crippen molar-refractivity contribution < 1.29 is 80.2 Å². The van der Waals surface area contributed by atoms with E-state index >= 15 is 0 Å². The minimum Gasteiger partial charge on any atom is -0.462 e. The Kier molecular flexibility index (Phi) is 65.5. The van der Waals surface area contributed by atoms with E-state index in [0.717, 1.165) is 108 Å². The van der Waals surface area contributed by atoms with Gasteiger partial charge in [0, 0.05) is 25.7 Å². The maximum Gasteiger partial charge on any atom is 0.472 e. The molecule has 0 aliphatic carbocycles. The molecule has 0 aliphatic rings. The van der Waals surface area contributed by atoms with Crippen LogP contribution in [0.2, 0.25) is 0 Å². The van der Waals surface area contributed by atoms with Crippen LogP contribution in [0.3, 0.4) is 0 Å². The summed E-state index contributed by atoms with van der Waals surface area (Å²) < 4.78 is 68.3. The third-order valence-corrected chi connectivity index (χ3v) is 19.7. The molecule has 0 spiro atoms. The summed E-state index contributed by atoms with van der Waals surface area (Å²) >= 11 is 0. The van der Waals surface area contributed by atoms with Gasteiger partial charge in [-0.15, -0.1) is 0 Å². The van der Waals surface area contributed by atoms with Gasteiger partial charge in [-0.1, -0.05) is 337 Å². The number of aliphatic hydroxyl groups excluding tert-OH is 1. The number of unbranched alkanes of at least 4 members (excludes halogenated alkanes) is 43. The van der Waals surface area contributed by atoms with E-state index < -0.39 is 97.5 Å². The Morgan fingerprint density at radius 3 is 0.809 bits per heavy atom. The van der Waals surface area contributed by atoms with Crippen molar-refractivity contribution in [3.8, 4) is 0 Å². The van der Waals surface area contributed by atoms with Crippen molar-refractivity contribution in [3.63, 3.8) is 0 Å². The molecule has 0 heterocycles. The molecule has 19 heteroatoms. The van der Waals surface area contributed by atoms with Crippen LogP contribution in [0.4, 0.5) is 0 Å². The molecule has 0 aliphatic heterocycles. The third kappa shape index (κ3) is 67.3. The molecule has 3 N–H and O–H groups in total. The number of esters is 4. The zero-order valence-electron chi connectivity index (χ0n) is 61.3. The number of hydrogen-bond donors (Lipinski definition) is 3. The molecule has 0 aromatic rings. The van der Waals surface area contributed by atoms with Crippen molar-refractivity contribution in [1.29, 1.82) is 0 Å². The van der Waals surface area contributed by atoms with Crippen molar-refractivity contribution in [2.75, 3.05) is 39.6 Å². The Balaban J connectivity index is 5.15. The molecule has 0 radical (unpaired) electrons. The van der Waals surface area contributed by atoms with Crippen molar-refractivity contribution >= 4 is 39.5 Å². The second-order valence-electron chi connectivity index (χ2n) is 27.8. The quantitative estimate of drug-likeness (QED) is 0.0222. The monoisotopic (exact) mass is 1380 g/mol. The molecular weight excluding hydrogens is 1230 g/mol. The fourth-order valence-electron chi connectivity index (χ4n) is 11.4. The summed E-state index contributed by atoms with van der Waals surface area (Å²) in [5, 5.41) is 10.6. The maximum absolute atomic E-state index is 13.1. The summed E-state index contributed by atoms with van der Waals surface area (Å²) in [5.41, 5.74) is 0. The highest BCUT2D eigenvalue weighted by atomic mass is 31.2. The lowest BCUT2D eigenvalue weighted by Crippen LogP contribution is -2.30. The average Bonchev–Trinajstić information content (AvgIpc) is 2.07. The summed E-state index contributed by atoms with van der Waals surface area (Å²) in [4.78, 5) is 72.5. The maximum atomic E-state index is 13.1. The van der Waals surface area contributed by atoms with E-state index in [9.17, 15) is 43.2 Å². The predicted octanol–water partition coefficient (Wildman–Crippen LogP) is 21.9. The van der Waals surface area contributed by atoms with Crippen LogP contribution in [0.25, 0.3) is 0 Å². The van der Waals surface area contributed by atoms with Crippen LogP contribution in [-0.4, -0.2) is 96.7 Å². The van der Waals surface area contributed by atoms with E-state index in [1.165, 1.54) is 199 Å². The predicted molar refractivity (Wildman–Crippen MR) is 381 cm³/mol. The van der Waals surface area contributed by atoms with Crippen LogP contribution >= 0.6 is 15.6 Å². The van der Waals surface area contributed by atoms with Gasteiger partial charge in [0.1, 0.15) is 19.3 Å². The number of ether oxygens (including phenoxy) is 4. The number of aliphatic hydroxyl groups is 1. The van der Waals surface area contributed by atoms with Gasteiger partial charge in [0.05, 0.1) is 26.4 Å². The van der Waals surface area contributed by atoms with Gasteiger partial charge < -0.3 is 33.8 Å². The SMILES string of the molecule is CCCCCCCCCCCCCCCCCCC(=O)OC[C@H](COP(=O)(O)OC[C@@H](O)COP(=O)(O)OC[C@@H](COC(=O)CCCCCCC)OC(=O)CCCCCCCCCCCCC(C)CC)OC(=O)CCCCCCCCCCCCCCCCCCC(C)C. The summed E-state index contributed by atoms with van der Waals surface area (Å²) in [7, 11) is -9.90. The Bertz CT molecular complexity index is 1820. The van der Waals surface area contributed by atoms with Gasteiger partial charge in [0.15, 0.2) is 12.2 Å². The number of carbonyl (C=O) groups excluding carboxylic acids is 4. The molecule has 3 unspecified atom stereocenters. The molecule has 558 valence electrons. The molecule has 0 fully saturated rings. The van der Waals surface area contributed by atoms with Crippen molar-refractivity contribution in [3.05, 3.63) is 0 Å². The Morgan fingerprint density at radius 2 is 0.543 bits per heavy atom. The van der Waals surface area contributed by atoms with E-state index in [4.69, 9.17) is 37.0 Å². The van der Waals surface area contributed by atoms with Gasteiger partial charge in [0.25, 0.3) is 0 Å². The van der Waals surface area contributed by atoms with E-state index in [1.807, 2.05) is 0 Å². The van der Waals surface area contributed by atoms with Crippen LogP contribution in [0.15, 0.2) is 0 Å². The molecule has 0 saturated carbocycles. The zero-order valence-corrected chi connectivity index (χ0v) is 63.1. The summed E-state index contributed by atoms with van der Waals surface area (Å²) in [6.07, 6.45) is 54.4. The Morgan fingerprint density at radius 1 is 0.309 bits per heavy atom. The molecule has 0 rings (SSSR count). The topological polar surface area (TPSA) is 237 Å². The zero-order chi connectivity index (χ0) is 69.3. The largest absolute Gasteiger partial charge is 0.472 e. The molecule has 94 heavy (non-hydrogen) atoms. The first kappa shape index (κ1) is 92.1. The van der Waals surface area contributed by atoms with Crippen molar-refractivity contribution in [2.45, 2.75) is 407 Å². The van der Waals surface area contributed by atoms with Crippen LogP contribution < -0.4 is 0 Å². The second-order valence-corrected chi connectivity index (χ2v) is 30.7. The first-order chi connectivity index (χ1) is 45.4. The molecule has 6 atom stereocenters. The third-order valence-electron chi connectivity index (χ3n) is 17.8. The summed E-state index contributed by atoms with van der Waals surface area (Å²) in [6.45, 7) is 9.56. The fourth-order valence-corrected chi connectivity index (χ4v) is 13.0. The lowest BCUT2D eigenvalue weighted by Gasteiger charge is -2.21. The van der Waals surface area contributed by atoms with Gasteiger partial charge in [-0.3, -0.25) is 37.3 Å². The van der Waals surface area contributed by atoms with Gasteiger partial charge >= 0.3 is 39.5 Å². The van der Waals surface area contributed by atoms with Gasteiger partial charge in [-0.2, -0.15) is 0 Å². The normalized spacial score (nSPS) is 14.3. The molecule has 0 aromatic carbocycles. The highest BCUT2D eigenvalue weighted by Crippen LogP contribution is 2.45. The number of rotatable bonds is 74. The molecule has 0 amide bonds. The lowest BCUT2D eigenvalue weighted by atomic mass is 9.99. The minimum absolute atomic E-state index is 0.105. The highest BCUT2D eigenvalue weighted by molar-refractivity contribution is 7.47. The van der Waals surface area contributed by atoms with E-state index in [-0.39, 0.29) is 25.7 Å². The highest BCUT2D eigenvalue weighted by Gasteiger charge is 2.30. The first-order valence-electron chi connectivity index (χ1n) is 39.0. The van der Waals surface area contributed by atoms with Crippen LogP contribution in [0.5, 0.6) is 0 Å². The van der Waals surface area contributed by atoms with Crippen LogP contribution in [0.1, 0.15) is 388 Å². The summed E-state index contributed by atoms with van der Waals surface area (Å²) in [6, 6.07) is 0. The molecule has 0 aromatic heterocycles. The number of hydrogen-bond acceptors (Lipinski definition) is 15. The molecular formula is C75H146O17P2.